The molecule has 19 heavy (non-hydrogen) atoms. The number of pyridine rings is 1. The van der Waals surface area contributed by atoms with Gasteiger partial charge in [-0.1, -0.05) is 18.2 Å². The molecule has 4 heteroatoms. The van der Waals surface area contributed by atoms with Gasteiger partial charge in [-0.05, 0) is 29.8 Å². The Balaban J connectivity index is 2.08. The van der Waals surface area contributed by atoms with E-state index in [1.54, 1.807) is 18.5 Å². The molecule has 4 nitrogen and oxygen atoms in total. The Kier molecular flexibility index (Phi) is 2.79. The first-order valence-corrected chi connectivity index (χ1v) is 5.74. The maximum Gasteiger partial charge on any atom is 0.238 e. The number of rotatable bonds is 2. The van der Waals surface area contributed by atoms with Crippen molar-refractivity contribution in [3.8, 4) is 6.07 Å². The van der Waals surface area contributed by atoms with Gasteiger partial charge < -0.3 is 4.42 Å². The number of allylic oxidation sites excluding steroid dienone is 1. The molecule has 1 aromatic carbocycles. The number of benzene rings is 1. The van der Waals surface area contributed by atoms with Crippen LogP contribution in [0.3, 0.4) is 0 Å². The van der Waals surface area contributed by atoms with Gasteiger partial charge in [-0.15, -0.1) is 0 Å². The SMILES string of the molecule is N#CC(=Cc1cccnc1)c1nc2ccccc2o1. The minimum atomic E-state index is 0.326. The average molecular weight is 247 g/mol. The lowest BCUT2D eigenvalue weighted by Crippen LogP contribution is -1.82. The molecule has 0 spiro atoms. The Hall–Kier alpha value is -2.93. The first-order chi connectivity index (χ1) is 9.36. The summed E-state index contributed by atoms with van der Waals surface area (Å²) < 4.78 is 5.57. The van der Waals surface area contributed by atoms with Crippen molar-refractivity contribution in [2.45, 2.75) is 0 Å². The topological polar surface area (TPSA) is 62.7 Å². The van der Waals surface area contributed by atoms with Crippen LogP contribution in [0.2, 0.25) is 0 Å². The highest BCUT2D eigenvalue weighted by Crippen LogP contribution is 2.21. The Labute approximate surface area is 109 Å². The van der Waals surface area contributed by atoms with Crippen LogP contribution in [0, 0.1) is 11.3 Å². The second-order valence-corrected chi connectivity index (χ2v) is 3.94. The van der Waals surface area contributed by atoms with Crippen LogP contribution in [0.5, 0.6) is 0 Å². The van der Waals surface area contributed by atoms with Crippen molar-refractivity contribution in [3.63, 3.8) is 0 Å². The fourth-order valence-corrected chi connectivity index (χ4v) is 1.76. The van der Waals surface area contributed by atoms with Crippen molar-refractivity contribution in [1.29, 1.82) is 5.26 Å². The highest BCUT2D eigenvalue weighted by molar-refractivity contribution is 5.88. The fraction of sp³-hybridized carbons (Fsp3) is 0. The molecule has 0 atom stereocenters. The smallest absolute Gasteiger partial charge is 0.238 e. The minimum Gasteiger partial charge on any atom is -0.435 e. The van der Waals surface area contributed by atoms with Crippen molar-refractivity contribution in [2.24, 2.45) is 0 Å². The van der Waals surface area contributed by atoms with Crippen LogP contribution in [0.25, 0.3) is 22.7 Å². The number of nitriles is 1. The average Bonchev–Trinajstić information content (AvgIpc) is 2.89. The third-order valence-electron chi connectivity index (χ3n) is 2.64. The van der Waals surface area contributed by atoms with E-state index < -0.39 is 0 Å². The van der Waals surface area contributed by atoms with Crippen LogP contribution in [0.15, 0.2) is 53.2 Å². The summed E-state index contributed by atoms with van der Waals surface area (Å²) in [6.07, 6.45) is 5.07. The maximum atomic E-state index is 9.23. The number of fused-ring (bicyclic) bond motifs is 1. The van der Waals surface area contributed by atoms with Crippen molar-refractivity contribution in [1.82, 2.24) is 9.97 Å². The van der Waals surface area contributed by atoms with E-state index in [-0.39, 0.29) is 0 Å². The molecule has 0 aliphatic heterocycles. The largest absolute Gasteiger partial charge is 0.435 e. The summed E-state index contributed by atoms with van der Waals surface area (Å²) in [5.74, 6) is 0.326. The van der Waals surface area contributed by atoms with Crippen LogP contribution < -0.4 is 0 Å². The Morgan fingerprint density at radius 3 is 2.84 bits per heavy atom. The normalized spacial score (nSPS) is 11.4. The molecule has 0 aliphatic carbocycles. The quantitative estimate of drug-likeness (QED) is 0.652. The molecule has 0 unspecified atom stereocenters. The van der Waals surface area contributed by atoms with Crippen LogP contribution in [0.1, 0.15) is 11.5 Å². The van der Waals surface area contributed by atoms with Crippen molar-refractivity contribution in [2.75, 3.05) is 0 Å². The second kappa shape index (κ2) is 4.75. The van der Waals surface area contributed by atoms with Gasteiger partial charge in [0, 0.05) is 12.4 Å². The summed E-state index contributed by atoms with van der Waals surface area (Å²) in [5, 5.41) is 9.23. The van der Waals surface area contributed by atoms with Gasteiger partial charge in [-0.25, -0.2) is 4.98 Å². The standard InChI is InChI=1S/C15H9N3O/c16-9-12(8-11-4-3-7-17-10-11)15-18-13-5-1-2-6-14(13)19-15/h1-8,10H. The Bertz CT molecular complexity index is 749. The molecule has 90 valence electrons. The highest BCUT2D eigenvalue weighted by atomic mass is 16.3. The van der Waals surface area contributed by atoms with Gasteiger partial charge in [-0.3, -0.25) is 4.98 Å². The molecule has 3 aromatic rings. The van der Waals surface area contributed by atoms with E-state index in [0.29, 0.717) is 17.0 Å². The predicted molar refractivity (Wildman–Crippen MR) is 71.7 cm³/mol. The van der Waals surface area contributed by atoms with Crippen molar-refractivity contribution >= 4 is 22.7 Å². The molecule has 0 saturated carbocycles. The molecule has 0 saturated heterocycles. The number of nitrogens with zero attached hydrogens (tertiary/aromatic N) is 3. The third kappa shape index (κ3) is 2.22. The van der Waals surface area contributed by atoms with Gasteiger partial charge in [0.05, 0.1) is 0 Å². The summed E-state index contributed by atoms with van der Waals surface area (Å²) in [5.41, 5.74) is 2.63. The zero-order valence-corrected chi connectivity index (χ0v) is 9.95. The van der Waals surface area contributed by atoms with Crippen LogP contribution in [-0.4, -0.2) is 9.97 Å². The fourth-order valence-electron chi connectivity index (χ4n) is 1.76. The lowest BCUT2D eigenvalue weighted by atomic mass is 10.2. The van der Waals surface area contributed by atoms with Crippen LogP contribution in [0.4, 0.5) is 0 Å². The van der Waals surface area contributed by atoms with Crippen LogP contribution >= 0.6 is 0 Å². The summed E-state index contributed by atoms with van der Waals surface area (Å²) in [7, 11) is 0. The minimum absolute atomic E-state index is 0.326. The van der Waals surface area contributed by atoms with E-state index in [1.807, 2.05) is 36.4 Å². The molecule has 2 aromatic heterocycles. The molecule has 0 fully saturated rings. The molecule has 2 heterocycles. The molecule has 0 radical (unpaired) electrons. The third-order valence-corrected chi connectivity index (χ3v) is 2.64. The van der Waals surface area contributed by atoms with Gasteiger partial charge in [0.15, 0.2) is 5.58 Å². The molecule has 3 rings (SSSR count). The Morgan fingerprint density at radius 2 is 2.11 bits per heavy atom. The van der Waals surface area contributed by atoms with Crippen molar-refractivity contribution < 1.29 is 4.42 Å². The van der Waals surface area contributed by atoms with E-state index in [4.69, 9.17) is 4.42 Å². The molecular weight excluding hydrogens is 238 g/mol. The molecule has 0 bridgehead atoms. The van der Waals surface area contributed by atoms with Gasteiger partial charge >= 0.3 is 0 Å². The number of aromatic nitrogens is 2. The zero-order valence-electron chi connectivity index (χ0n) is 9.95. The monoisotopic (exact) mass is 247 g/mol. The lowest BCUT2D eigenvalue weighted by molar-refractivity contribution is 0.586. The van der Waals surface area contributed by atoms with E-state index in [1.165, 1.54) is 0 Å². The van der Waals surface area contributed by atoms with E-state index in [9.17, 15) is 5.26 Å². The van der Waals surface area contributed by atoms with Crippen LogP contribution in [-0.2, 0) is 0 Å². The van der Waals surface area contributed by atoms with E-state index in [2.05, 4.69) is 16.0 Å². The first kappa shape index (κ1) is 11.2. The molecule has 0 aliphatic rings. The van der Waals surface area contributed by atoms with Gasteiger partial charge in [-0.2, -0.15) is 5.26 Å². The number of oxazole rings is 1. The number of para-hydroxylation sites is 2. The summed E-state index contributed by atoms with van der Waals surface area (Å²) in [4.78, 5) is 8.31. The van der Waals surface area contributed by atoms with E-state index >= 15 is 0 Å². The van der Waals surface area contributed by atoms with Gasteiger partial charge in [0.1, 0.15) is 17.2 Å². The summed E-state index contributed by atoms with van der Waals surface area (Å²) >= 11 is 0. The van der Waals surface area contributed by atoms with Gasteiger partial charge in [0.2, 0.25) is 5.89 Å². The summed E-state index contributed by atoms with van der Waals surface area (Å²) in [6, 6.07) is 13.2. The predicted octanol–water partition coefficient (Wildman–Crippen LogP) is 3.29. The second-order valence-electron chi connectivity index (χ2n) is 3.94. The van der Waals surface area contributed by atoms with Gasteiger partial charge in [0.25, 0.3) is 0 Å². The lowest BCUT2D eigenvalue weighted by Gasteiger charge is -1.93. The first-order valence-electron chi connectivity index (χ1n) is 5.74. The zero-order chi connectivity index (χ0) is 13.1. The van der Waals surface area contributed by atoms with Crippen molar-refractivity contribution in [3.05, 3.63) is 60.2 Å². The molecule has 0 N–H and O–H groups in total. The highest BCUT2D eigenvalue weighted by Gasteiger charge is 2.10. The number of hydrogen-bond donors (Lipinski definition) is 0. The summed E-state index contributed by atoms with van der Waals surface area (Å²) in [6.45, 7) is 0. The van der Waals surface area contributed by atoms with E-state index in [0.717, 1.165) is 11.1 Å². The molecule has 0 amide bonds. The number of hydrogen-bond acceptors (Lipinski definition) is 4. The Morgan fingerprint density at radius 1 is 1.21 bits per heavy atom. The maximum absolute atomic E-state index is 9.23. The molecular formula is C15H9N3O.